The van der Waals surface area contributed by atoms with Crippen molar-refractivity contribution in [2.45, 2.75) is 32.7 Å². The Labute approximate surface area is 140 Å². The highest BCUT2D eigenvalue weighted by Gasteiger charge is 2.22. The Morgan fingerprint density at radius 1 is 0.870 bits per heavy atom. The van der Waals surface area contributed by atoms with E-state index in [9.17, 15) is 0 Å². The molecule has 118 valence electrons. The van der Waals surface area contributed by atoms with Gasteiger partial charge >= 0.3 is 0 Å². The topological polar surface area (TPSA) is 3.24 Å². The highest BCUT2D eigenvalue weighted by Crippen LogP contribution is 2.36. The highest BCUT2D eigenvalue weighted by atomic mass is 15.1. The van der Waals surface area contributed by atoms with Gasteiger partial charge in [-0.05, 0) is 29.5 Å². The SMILES string of the molecule is CCCN1C=C(c2ccccc2)C(CC)=CC1c1ccccc1. The predicted molar refractivity (Wildman–Crippen MR) is 99.0 cm³/mol. The van der Waals surface area contributed by atoms with E-state index in [1.165, 1.54) is 22.3 Å². The van der Waals surface area contributed by atoms with Crippen molar-refractivity contribution in [3.05, 3.63) is 89.6 Å². The van der Waals surface area contributed by atoms with Crippen molar-refractivity contribution in [2.24, 2.45) is 0 Å². The Bertz CT molecular complexity index is 682. The second kappa shape index (κ2) is 7.32. The van der Waals surface area contributed by atoms with Gasteiger partial charge in [0.15, 0.2) is 0 Å². The van der Waals surface area contributed by atoms with Crippen LogP contribution in [-0.2, 0) is 0 Å². The number of hydrogen-bond acceptors (Lipinski definition) is 1. The van der Waals surface area contributed by atoms with Gasteiger partial charge in [0.25, 0.3) is 0 Å². The number of allylic oxidation sites excluding steroid dienone is 2. The smallest absolute Gasteiger partial charge is 0.0727 e. The van der Waals surface area contributed by atoms with E-state index in [0.717, 1.165) is 19.4 Å². The fraction of sp³-hybridized carbons (Fsp3) is 0.273. The van der Waals surface area contributed by atoms with E-state index in [-0.39, 0.29) is 0 Å². The maximum Gasteiger partial charge on any atom is 0.0727 e. The van der Waals surface area contributed by atoms with Gasteiger partial charge in [0.05, 0.1) is 6.04 Å². The van der Waals surface area contributed by atoms with Crippen LogP contribution in [-0.4, -0.2) is 11.4 Å². The van der Waals surface area contributed by atoms with Gasteiger partial charge in [-0.15, -0.1) is 0 Å². The van der Waals surface area contributed by atoms with Gasteiger partial charge in [-0.2, -0.15) is 0 Å². The van der Waals surface area contributed by atoms with E-state index in [2.05, 4.69) is 91.7 Å². The van der Waals surface area contributed by atoms with Gasteiger partial charge in [-0.1, -0.05) is 80.6 Å². The molecule has 1 heteroatoms. The Balaban J connectivity index is 2.02. The van der Waals surface area contributed by atoms with Crippen molar-refractivity contribution in [2.75, 3.05) is 6.54 Å². The summed E-state index contributed by atoms with van der Waals surface area (Å²) in [6.45, 7) is 5.57. The molecule has 0 spiro atoms. The summed E-state index contributed by atoms with van der Waals surface area (Å²) in [5.41, 5.74) is 5.50. The first kappa shape index (κ1) is 15.6. The van der Waals surface area contributed by atoms with Crippen molar-refractivity contribution >= 4 is 5.57 Å². The highest BCUT2D eigenvalue weighted by molar-refractivity contribution is 5.80. The van der Waals surface area contributed by atoms with E-state index in [1.54, 1.807) is 0 Å². The lowest BCUT2D eigenvalue weighted by Crippen LogP contribution is -2.26. The number of hydrogen-bond donors (Lipinski definition) is 0. The predicted octanol–water partition coefficient (Wildman–Crippen LogP) is 5.83. The Kier molecular flexibility index (Phi) is 4.97. The van der Waals surface area contributed by atoms with Crippen LogP contribution in [0, 0.1) is 0 Å². The lowest BCUT2D eigenvalue weighted by molar-refractivity contribution is 0.321. The Morgan fingerprint density at radius 3 is 2.13 bits per heavy atom. The lowest BCUT2D eigenvalue weighted by atomic mass is 9.89. The average molecular weight is 303 g/mol. The maximum atomic E-state index is 2.48. The van der Waals surface area contributed by atoms with Crippen molar-refractivity contribution in [1.29, 1.82) is 0 Å². The summed E-state index contributed by atoms with van der Waals surface area (Å²) < 4.78 is 0. The summed E-state index contributed by atoms with van der Waals surface area (Å²) in [4.78, 5) is 2.48. The molecule has 0 aliphatic carbocycles. The summed E-state index contributed by atoms with van der Waals surface area (Å²) >= 11 is 0. The van der Waals surface area contributed by atoms with E-state index in [0.29, 0.717) is 6.04 Å². The van der Waals surface area contributed by atoms with Crippen molar-refractivity contribution in [3.63, 3.8) is 0 Å². The summed E-state index contributed by atoms with van der Waals surface area (Å²) in [5.74, 6) is 0. The van der Waals surface area contributed by atoms with Crippen LogP contribution >= 0.6 is 0 Å². The second-order valence-electron chi connectivity index (χ2n) is 6.05. The molecule has 1 aliphatic rings. The van der Waals surface area contributed by atoms with Crippen LogP contribution in [0.4, 0.5) is 0 Å². The molecule has 1 unspecified atom stereocenters. The first-order valence-electron chi connectivity index (χ1n) is 8.62. The van der Waals surface area contributed by atoms with E-state index in [4.69, 9.17) is 0 Å². The maximum absolute atomic E-state index is 2.48. The van der Waals surface area contributed by atoms with Crippen LogP contribution in [0.2, 0.25) is 0 Å². The molecule has 0 N–H and O–H groups in total. The zero-order chi connectivity index (χ0) is 16.1. The summed E-state index contributed by atoms with van der Waals surface area (Å²) in [6.07, 6.45) is 7.03. The molecule has 1 nitrogen and oxygen atoms in total. The van der Waals surface area contributed by atoms with E-state index >= 15 is 0 Å². The van der Waals surface area contributed by atoms with Crippen LogP contribution in [0.25, 0.3) is 5.57 Å². The van der Waals surface area contributed by atoms with Gasteiger partial charge in [-0.3, -0.25) is 0 Å². The minimum absolute atomic E-state index is 0.346. The van der Waals surface area contributed by atoms with Crippen LogP contribution in [0.5, 0.6) is 0 Å². The molecule has 0 bridgehead atoms. The van der Waals surface area contributed by atoms with Crippen molar-refractivity contribution in [1.82, 2.24) is 4.90 Å². The molecule has 3 rings (SSSR count). The largest absolute Gasteiger partial charge is 0.366 e. The molecule has 2 aromatic rings. The minimum Gasteiger partial charge on any atom is -0.366 e. The fourth-order valence-corrected chi connectivity index (χ4v) is 3.29. The van der Waals surface area contributed by atoms with Crippen LogP contribution in [0.3, 0.4) is 0 Å². The zero-order valence-electron chi connectivity index (χ0n) is 14.1. The third kappa shape index (κ3) is 3.39. The molecule has 0 aromatic heterocycles. The van der Waals surface area contributed by atoms with Gasteiger partial charge in [0.1, 0.15) is 0 Å². The van der Waals surface area contributed by atoms with Crippen LogP contribution in [0.15, 0.2) is 78.5 Å². The first-order valence-corrected chi connectivity index (χ1v) is 8.62. The van der Waals surface area contributed by atoms with Gasteiger partial charge in [0.2, 0.25) is 0 Å². The lowest BCUT2D eigenvalue weighted by Gasteiger charge is -2.34. The summed E-state index contributed by atoms with van der Waals surface area (Å²) in [5, 5.41) is 0. The van der Waals surface area contributed by atoms with Crippen molar-refractivity contribution < 1.29 is 0 Å². The fourth-order valence-electron chi connectivity index (χ4n) is 3.29. The number of rotatable bonds is 5. The van der Waals surface area contributed by atoms with Crippen molar-refractivity contribution in [3.8, 4) is 0 Å². The zero-order valence-corrected chi connectivity index (χ0v) is 14.1. The first-order chi connectivity index (χ1) is 11.3. The average Bonchev–Trinajstić information content (AvgIpc) is 2.63. The molecule has 0 radical (unpaired) electrons. The molecule has 23 heavy (non-hydrogen) atoms. The Hall–Kier alpha value is -2.28. The monoisotopic (exact) mass is 303 g/mol. The molecule has 0 saturated heterocycles. The van der Waals surface area contributed by atoms with Gasteiger partial charge in [0, 0.05) is 18.3 Å². The van der Waals surface area contributed by atoms with Gasteiger partial charge in [-0.25, -0.2) is 0 Å². The second-order valence-corrected chi connectivity index (χ2v) is 6.05. The van der Waals surface area contributed by atoms with Gasteiger partial charge < -0.3 is 4.90 Å². The standard InChI is InChI=1S/C22H25N/c1-3-15-23-17-21(19-11-7-5-8-12-19)18(4-2)16-22(23)20-13-9-6-10-14-20/h5-14,16-17,22H,3-4,15H2,1-2H3. The molecular weight excluding hydrogens is 278 g/mol. The molecule has 0 fully saturated rings. The minimum atomic E-state index is 0.346. The molecule has 0 amide bonds. The van der Waals surface area contributed by atoms with Crippen LogP contribution in [0.1, 0.15) is 43.9 Å². The molecular formula is C22H25N. The third-order valence-electron chi connectivity index (χ3n) is 4.45. The molecule has 1 aliphatic heterocycles. The quantitative estimate of drug-likeness (QED) is 0.671. The van der Waals surface area contributed by atoms with Crippen LogP contribution < -0.4 is 0 Å². The summed E-state index contributed by atoms with van der Waals surface area (Å²) in [6, 6.07) is 21.9. The Morgan fingerprint density at radius 2 is 1.52 bits per heavy atom. The normalized spacial score (nSPS) is 17.7. The number of nitrogens with zero attached hydrogens (tertiary/aromatic N) is 1. The van der Waals surface area contributed by atoms with E-state index in [1.807, 2.05) is 0 Å². The summed E-state index contributed by atoms with van der Waals surface area (Å²) in [7, 11) is 0. The number of benzene rings is 2. The molecule has 0 saturated carbocycles. The molecule has 1 atom stereocenters. The molecule has 2 aromatic carbocycles. The molecule has 1 heterocycles. The third-order valence-corrected chi connectivity index (χ3v) is 4.45. The van der Waals surface area contributed by atoms with E-state index < -0.39 is 0 Å².